The molecule has 0 aliphatic carbocycles. The Kier molecular flexibility index (Phi) is 6.47. The predicted molar refractivity (Wildman–Crippen MR) is 123 cm³/mol. The van der Waals surface area contributed by atoms with Crippen molar-refractivity contribution in [2.24, 2.45) is 0 Å². The van der Waals surface area contributed by atoms with Crippen LogP contribution in [0, 0.1) is 13.8 Å². The van der Waals surface area contributed by atoms with Crippen molar-refractivity contribution < 1.29 is 9.53 Å². The van der Waals surface area contributed by atoms with Crippen LogP contribution >= 0.6 is 0 Å². The molecule has 1 amide bonds. The van der Waals surface area contributed by atoms with E-state index < -0.39 is 0 Å². The van der Waals surface area contributed by atoms with Crippen LogP contribution in [-0.2, 0) is 17.8 Å². The summed E-state index contributed by atoms with van der Waals surface area (Å²) < 4.78 is 5.17. The molecule has 0 radical (unpaired) electrons. The maximum Gasteiger partial charge on any atom is 0.254 e. The van der Waals surface area contributed by atoms with Crippen LogP contribution in [-0.4, -0.2) is 29.4 Å². The van der Waals surface area contributed by atoms with E-state index >= 15 is 0 Å². The van der Waals surface area contributed by atoms with Gasteiger partial charge in [-0.05, 0) is 79.6 Å². The van der Waals surface area contributed by atoms with Gasteiger partial charge in [0.05, 0.1) is 18.3 Å². The van der Waals surface area contributed by atoms with Crippen LogP contribution in [0.5, 0.6) is 0 Å². The number of rotatable bonds is 6. The van der Waals surface area contributed by atoms with Gasteiger partial charge in [-0.3, -0.25) is 9.78 Å². The molecule has 4 heteroatoms. The highest BCUT2D eigenvalue weighted by atomic mass is 16.5. The second-order valence-corrected chi connectivity index (χ2v) is 8.43. The second kappa shape index (κ2) is 9.44. The van der Waals surface area contributed by atoms with Gasteiger partial charge >= 0.3 is 0 Å². The molecule has 0 bridgehead atoms. The zero-order chi connectivity index (χ0) is 21.8. The molecule has 2 heterocycles. The van der Waals surface area contributed by atoms with E-state index in [1.54, 1.807) is 7.11 Å². The Balaban J connectivity index is 1.57. The van der Waals surface area contributed by atoms with E-state index in [0.717, 1.165) is 48.3 Å². The van der Waals surface area contributed by atoms with E-state index in [0.29, 0.717) is 6.61 Å². The summed E-state index contributed by atoms with van der Waals surface area (Å²) in [7, 11) is 1.68. The Morgan fingerprint density at radius 3 is 2.58 bits per heavy atom. The fourth-order valence-electron chi connectivity index (χ4n) is 4.46. The minimum absolute atomic E-state index is 0.0293. The third-order valence-electron chi connectivity index (χ3n) is 6.06. The van der Waals surface area contributed by atoms with Gasteiger partial charge < -0.3 is 9.64 Å². The highest BCUT2D eigenvalue weighted by Gasteiger charge is 2.31. The molecule has 1 atom stereocenters. The first-order valence-corrected chi connectivity index (χ1v) is 11.0. The fourth-order valence-corrected chi connectivity index (χ4v) is 4.46. The monoisotopic (exact) mass is 414 g/mol. The molecule has 0 saturated carbocycles. The quantitative estimate of drug-likeness (QED) is 0.541. The zero-order valence-corrected chi connectivity index (χ0v) is 18.6. The smallest absolute Gasteiger partial charge is 0.254 e. The van der Waals surface area contributed by atoms with E-state index in [-0.39, 0.29) is 11.9 Å². The molecule has 2 aromatic carbocycles. The van der Waals surface area contributed by atoms with Gasteiger partial charge in [-0.25, -0.2) is 0 Å². The molecule has 0 unspecified atom stereocenters. The number of amides is 1. The Morgan fingerprint density at radius 1 is 1.06 bits per heavy atom. The molecule has 160 valence electrons. The van der Waals surface area contributed by atoms with Gasteiger partial charge in [-0.15, -0.1) is 0 Å². The van der Waals surface area contributed by atoms with Crippen molar-refractivity contribution in [3.05, 3.63) is 99.9 Å². The van der Waals surface area contributed by atoms with Crippen LogP contribution < -0.4 is 0 Å². The van der Waals surface area contributed by atoms with Crippen LogP contribution in [0.1, 0.15) is 62.9 Å². The minimum atomic E-state index is 0.0293. The molecule has 1 fully saturated rings. The largest absolute Gasteiger partial charge is 0.380 e. The summed E-state index contributed by atoms with van der Waals surface area (Å²) in [6, 6.07) is 20.6. The molecule has 0 N–H and O–H groups in total. The molecule has 1 saturated heterocycles. The highest BCUT2D eigenvalue weighted by Crippen LogP contribution is 2.33. The van der Waals surface area contributed by atoms with Gasteiger partial charge in [0.15, 0.2) is 0 Å². The number of aromatic nitrogens is 1. The number of carbonyl (C=O) groups is 1. The Bertz CT molecular complexity index is 1060. The van der Waals surface area contributed by atoms with Crippen molar-refractivity contribution in [1.82, 2.24) is 9.88 Å². The number of methoxy groups -OCH3 is 1. The van der Waals surface area contributed by atoms with Crippen LogP contribution in [0.2, 0.25) is 0 Å². The van der Waals surface area contributed by atoms with E-state index in [1.807, 2.05) is 36.1 Å². The number of carbonyl (C=O) groups excluding carboxylic acids is 1. The van der Waals surface area contributed by atoms with Crippen LogP contribution in [0.4, 0.5) is 0 Å². The average Bonchev–Trinajstić information content (AvgIpc) is 3.25. The normalized spacial score (nSPS) is 16.0. The highest BCUT2D eigenvalue weighted by molar-refractivity contribution is 5.94. The summed E-state index contributed by atoms with van der Waals surface area (Å²) in [5.74, 6) is 0.0789. The molecular formula is C27H30N2O2. The van der Waals surface area contributed by atoms with Crippen molar-refractivity contribution in [2.45, 2.75) is 45.8 Å². The van der Waals surface area contributed by atoms with Gasteiger partial charge in [-0.2, -0.15) is 0 Å². The van der Waals surface area contributed by atoms with Crippen LogP contribution in [0.3, 0.4) is 0 Å². The Morgan fingerprint density at radius 2 is 1.84 bits per heavy atom. The summed E-state index contributed by atoms with van der Waals surface area (Å²) in [5, 5.41) is 0. The molecule has 1 aliphatic rings. The summed E-state index contributed by atoms with van der Waals surface area (Å²) in [5.41, 5.74) is 7.68. The number of nitrogens with zero attached hydrogens (tertiary/aromatic N) is 2. The third kappa shape index (κ3) is 4.86. The van der Waals surface area contributed by atoms with Crippen molar-refractivity contribution in [1.29, 1.82) is 0 Å². The Labute approximate surface area is 184 Å². The second-order valence-electron chi connectivity index (χ2n) is 8.43. The van der Waals surface area contributed by atoms with E-state index in [9.17, 15) is 4.79 Å². The standard InChI is InChI=1S/C27H30N2O2/c1-19-7-4-5-8-24(19)16-22-15-20(2)28-25(17-22)26-9-6-14-29(26)27(30)23-12-10-21(11-13-23)18-31-3/h4-5,7-8,10-13,15,17,26H,6,9,14,16,18H2,1-3H3/t26-/m0/s1. The molecule has 1 aliphatic heterocycles. The first-order valence-electron chi connectivity index (χ1n) is 11.0. The molecule has 4 nitrogen and oxygen atoms in total. The van der Waals surface area contributed by atoms with Crippen LogP contribution in [0.15, 0.2) is 60.7 Å². The summed E-state index contributed by atoms with van der Waals surface area (Å²) in [6.45, 7) is 5.52. The molecule has 4 rings (SSSR count). The predicted octanol–water partition coefficient (Wildman–Crippen LogP) is 5.41. The maximum absolute atomic E-state index is 13.3. The van der Waals surface area contributed by atoms with Gasteiger partial charge in [0, 0.05) is 24.9 Å². The molecule has 1 aromatic heterocycles. The Hall–Kier alpha value is -2.98. The lowest BCUT2D eigenvalue weighted by Gasteiger charge is -2.25. The molecule has 3 aromatic rings. The van der Waals surface area contributed by atoms with Crippen molar-refractivity contribution in [2.75, 3.05) is 13.7 Å². The van der Waals surface area contributed by atoms with E-state index in [1.165, 1.54) is 16.7 Å². The lowest BCUT2D eigenvalue weighted by molar-refractivity contribution is 0.0732. The maximum atomic E-state index is 13.3. The number of pyridine rings is 1. The van der Waals surface area contributed by atoms with Crippen molar-refractivity contribution >= 4 is 5.91 Å². The molecule has 0 spiro atoms. The molecular weight excluding hydrogens is 384 g/mol. The first-order chi connectivity index (χ1) is 15.0. The van der Waals surface area contributed by atoms with Gasteiger partial charge in [-0.1, -0.05) is 36.4 Å². The topological polar surface area (TPSA) is 42.4 Å². The summed E-state index contributed by atoms with van der Waals surface area (Å²) in [4.78, 5) is 20.1. The van der Waals surface area contributed by atoms with Gasteiger partial charge in [0.2, 0.25) is 0 Å². The number of hydrogen-bond acceptors (Lipinski definition) is 3. The number of benzene rings is 2. The van der Waals surface area contributed by atoms with Gasteiger partial charge in [0.1, 0.15) is 0 Å². The SMILES string of the molecule is COCc1ccc(C(=O)N2CCC[C@H]2c2cc(Cc3ccccc3C)cc(C)n2)cc1. The first kappa shape index (κ1) is 21.3. The van der Waals surface area contributed by atoms with E-state index in [4.69, 9.17) is 9.72 Å². The number of likely N-dealkylation sites (tertiary alicyclic amines) is 1. The third-order valence-corrected chi connectivity index (χ3v) is 6.06. The molecule has 31 heavy (non-hydrogen) atoms. The number of aryl methyl sites for hydroxylation is 2. The number of ether oxygens (including phenoxy) is 1. The lowest BCUT2D eigenvalue weighted by Crippen LogP contribution is -2.31. The average molecular weight is 415 g/mol. The lowest BCUT2D eigenvalue weighted by atomic mass is 9.98. The zero-order valence-electron chi connectivity index (χ0n) is 18.6. The van der Waals surface area contributed by atoms with Crippen LogP contribution in [0.25, 0.3) is 0 Å². The summed E-state index contributed by atoms with van der Waals surface area (Å²) >= 11 is 0. The summed E-state index contributed by atoms with van der Waals surface area (Å²) in [6.07, 6.45) is 2.83. The van der Waals surface area contributed by atoms with Crippen molar-refractivity contribution in [3.63, 3.8) is 0 Å². The van der Waals surface area contributed by atoms with Gasteiger partial charge in [0.25, 0.3) is 5.91 Å². The fraction of sp³-hybridized carbons (Fsp3) is 0.333. The number of hydrogen-bond donors (Lipinski definition) is 0. The van der Waals surface area contributed by atoms with E-state index in [2.05, 4.69) is 43.3 Å². The van der Waals surface area contributed by atoms with Crippen molar-refractivity contribution in [3.8, 4) is 0 Å². The minimum Gasteiger partial charge on any atom is -0.380 e.